The first-order chi connectivity index (χ1) is 8.40. The van der Waals surface area contributed by atoms with E-state index in [0.29, 0.717) is 0 Å². The number of benzene rings is 1. The highest BCUT2D eigenvalue weighted by molar-refractivity contribution is 7.99. The van der Waals surface area contributed by atoms with Crippen molar-refractivity contribution in [2.45, 2.75) is 24.3 Å². The van der Waals surface area contributed by atoms with Gasteiger partial charge < -0.3 is 5.32 Å². The van der Waals surface area contributed by atoms with E-state index >= 15 is 0 Å². The molecule has 0 amide bonds. The Morgan fingerprint density at radius 1 is 1.24 bits per heavy atom. The summed E-state index contributed by atoms with van der Waals surface area (Å²) < 4.78 is 0. The molecule has 0 spiro atoms. The molecule has 0 aromatic heterocycles. The fourth-order valence-electron chi connectivity index (χ4n) is 2.09. The van der Waals surface area contributed by atoms with Crippen molar-refractivity contribution in [3.05, 3.63) is 30.3 Å². The van der Waals surface area contributed by atoms with Crippen LogP contribution in [0.3, 0.4) is 0 Å². The van der Waals surface area contributed by atoms with Crippen LogP contribution in [0.25, 0.3) is 0 Å². The van der Waals surface area contributed by atoms with Crippen LogP contribution in [0.5, 0.6) is 0 Å². The largest absolute Gasteiger partial charge is 0.314 e. The normalized spacial score (nSPS) is 16.1. The molecule has 0 bridgehead atoms. The summed E-state index contributed by atoms with van der Waals surface area (Å²) in [4.78, 5) is 4.02. The van der Waals surface area contributed by atoms with Gasteiger partial charge in [-0.05, 0) is 25.1 Å². The molecule has 1 saturated heterocycles. The summed E-state index contributed by atoms with van der Waals surface area (Å²) >= 11 is 1.96. The summed E-state index contributed by atoms with van der Waals surface area (Å²) in [5.41, 5.74) is 0. The van der Waals surface area contributed by atoms with Gasteiger partial charge >= 0.3 is 0 Å². The molecule has 0 radical (unpaired) electrons. The molecule has 0 saturated carbocycles. The van der Waals surface area contributed by atoms with Crippen LogP contribution in [0.15, 0.2) is 35.2 Å². The van der Waals surface area contributed by atoms with Crippen LogP contribution >= 0.6 is 11.8 Å². The van der Waals surface area contributed by atoms with Crippen molar-refractivity contribution in [3.63, 3.8) is 0 Å². The molecule has 94 valence electrons. The molecule has 2 nitrogen and oxygen atoms in total. The maximum Gasteiger partial charge on any atom is 0.0345 e. The van der Waals surface area contributed by atoms with Crippen molar-refractivity contribution in [3.8, 4) is 0 Å². The predicted molar refractivity (Wildman–Crippen MR) is 75.7 cm³/mol. The van der Waals surface area contributed by atoms with Gasteiger partial charge in [-0.3, -0.25) is 4.90 Å². The zero-order valence-electron chi connectivity index (χ0n) is 10.6. The first-order valence-electron chi connectivity index (χ1n) is 6.52. The van der Waals surface area contributed by atoms with Gasteiger partial charge in [-0.1, -0.05) is 25.1 Å². The topological polar surface area (TPSA) is 15.3 Å². The van der Waals surface area contributed by atoms with Crippen LogP contribution in [0.2, 0.25) is 0 Å². The highest BCUT2D eigenvalue weighted by Gasteiger charge is 2.23. The summed E-state index contributed by atoms with van der Waals surface area (Å²) in [5.74, 6) is 1.19. The van der Waals surface area contributed by atoms with Gasteiger partial charge in [0, 0.05) is 36.3 Å². The molecule has 1 aromatic carbocycles. The average Bonchev–Trinajstić information content (AvgIpc) is 2.28. The molecule has 2 rings (SSSR count). The first kappa shape index (κ1) is 12.9. The average molecular weight is 250 g/mol. The van der Waals surface area contributed by atoms with Crippen molar-refractivity contribution in [1.82, 2.24) is 10.2 Å². The maximum atomic E-state index is 3.36. The number of hydrogen-bond acceptors (Lipinski definition) is 3. The van der Waals surface area contributed by atoms with Gasteiger partial charge in [0.2, 0.25) is 0 Å². The quantitative estimate of drug-likeness (QED) is 0.748. The molecular formula is C14H22N2S. The second-order valence-corrected chi connectivity index (χ2v) is 5.68. The predicted octanol–water partition coefficient (Wildman–Crippen LogP) is 2.46. The Kier molecular flexibility index (Phi) is 5.36. The zero-order valence-corrected chi connectivity index (χ0v) is 11.4. The Morgan fingerprint density at radius 3 is 2.59 bits per heavy atom. The number of nitrogens with zero attached hydrogens (tertiary/aromatic N) is 1. The van der Waals surface area contributed by atoms with Crippen LogP contribution in [-0.2, 0) is 0 Å². The van der Waals surface area contributed by atoms with E-state index in [2.05, 4.69) is 47.5 Å². The Labute approximate surface area is 109 Å². The molecule has 1 aliphatic heterocycles. The van der Waals surface area contributed by atoms with Crippen molar-refractivity contribution in [2.24, 2.45) is 0 Å². The van der Waals surface area contributed by atoms with Gasteiger partial charge in [0.15, 0.2) is 0 Å². The minimum atomic E-state index is 0.784. The van der Waals surface area contributed by atoms with Crippen LogP contribution in [-0.4, -0.2) is 42.9 Å². The Morgan fingerprint density at radius 2 is 2.00 bits per heavy atom. The molecule has 1 aliphatic rings. The fourth-order valence-corrected chi connectivity index (χ4v) is 3.00. The van der Waals surface area contributed by atoms with E-state index in [1.54, 1.807) is 0 Å². The summed E-state index contributed by atoms with van der Waals surface area (Å²) in [5, 5.41) is 3.36. The monoisotopic (exact) mass is 250 g/mol. The molecule has 3 heteroatoms. The Hall–Kier alpha value is -0.510. The van der Waals surface area contributed by atoms with E-state index in [1.807, 2.05) is 11.8 Å². The van der Waals surface area contributed by atoms with E-state index in [-0.39, 0.29) is 0 Å². The molecular weight excluding hydrogens is 228 g/mol. The van der Waals surface area contributed by atoms with Gasteiger partial charge in [-0.2, -0.15) is 0 Å². The molecule has 0 unspecified atom stereocenters. The van der Waals surface area contributed by atoms with E-state index in [1.165, 1.54) is 43.2 Å². The highest BCUT2D eigenvalue weighted by Crippen LogP contribution is 2.17. The van der Waals surface area contributed by atoms with Crippen LogP contribution in [0, 0.1) is 0 Å². The van der Waals surface area contributed by atoms with Crippen LogP contribution in [0.1, 0.15) is 13.3 Å². The minimum Gasteiger partial charge on any atom is -0.314 e. The van der Waals surface area contributed by atoms with Crippen molar-refractivity contribution >= 4 is 11.8 Å². The van der Waals surface area contributed by atoms with Gasteiger partial charge in [0.1, 0.15) is 0 Å². The molecule has 17 heavy (non-hydrogen) atoms. The van der Waals surface area contributed by atoms with Crippen LogP contribution < -0.4 is 5.32 Å². The number of nitrogens with one attached hydrogen (secondary N) is 1. The standard InChI is InChI=1S/C14H22N2S/c1-2-8-16(13-11-15-12-13)9-10-17-14-6-4-3-5-7-14/h3-7,13,15H,2,8-12H2,1H3. The lowest BCUT2D eigenvalue weighted by Crippen LogP contribution is -2.57. The second kappa shape index (κ2) is 7.04. The molecule has 0 atom stereocenters. The van der Waals surface area contributed by atoms with Crippen LogP contribution in [0.4, 0.5) is 0 Å². The molecule has 1 heterocycles. The van der Waals surface area contributed by atoms with E-state index in [9.17, 15) is 0 Å². The van der Waals surface area contributed by atoms with Gasteiger partial charge in [-0.15, -0.1) is 11.8 Å². The third kappa shape index (κ3) is 4.02. The zero-order chi connectivity index (χ0) is 11.9. The van der Waals surface area contributed by atoms with Gasteiger partial charge in [0.05, 0.1) is 0 Å². The molecule has 0 aliphatic carbocycles. The van der Waals surface area contributed by atoms with E-state index in [4.69, 9.17) is 0 Å². The highest BCUT2D eigenvalue weighted by atomic mass is 32.2. The lowest BCUT2D eigenvalue weighted by Gasteiger charge is -2.38. The van der Waals surface area contributed by atoms with Gasteiger partial charge in [-0.25, -0.2) is 0 Å². The van der Waals surface area contributed by atoms with Gasteiger partial charge in [0.25, 0.3) is 0 Å². The Bertz CT molecular complexity index is 311. The second-order valence-electron chi connectivity index (χ2n) is 4.51. The minimum absolute atomic E-state index is 0.784. The van der Waals surface area contributed by atoms with E-state index in [0.717, 1.165) is 6.04 Å². The summed E-state index contributed by atoms with van der Waals surface area (Å²) in [6.45, 7) is 7.07. The third-order valence-corrected chi connectivity index (χ3v) is 4.17. The Balaban J connectivity index is 1.71. The van der Waals surface area contributed by atoms with Crippen molar-refractivity contribution in [2.75, 3.05) is 31.9 Å². The summed E-state index contributed by atoms with van der Waals surface area (Å²) in [6, 6.07) is 11.5. The maximum absolute atomic E-state index is 3.36. The number of rotatable bonds is 7. The molecule has 1 N–H and O–H groups in total. The summed E-state index contributed by atoms with van der Waals surface area (Å²) in [6.07, 6.45) is 1.26. The third-order valence-electron chi connectivity index (χ3n) is 3.18. The SMILES string of the molecule is CCCN(CCSc1ccccc1)C1CNC1. The smallest absolute Gasteiger partial charge is 0.0345 e. The molecule has 1 aromatic rings. The van der Waals surface area contributed by atoms with Crippen molar-refractivity contribution < 1.29 is 0 Å². The fraction of sp³-hybridized carbons (Fsp3) is 0.571. The number of hydrogen-bond donors (Lipinski definition) is 1. The first-order valence-corrected chi connectivity index (χ1v) is 7.51. The van der Waals surface area contributed by atoms with E-state index < -0.39 is 0 Å². The lowest BCUT2D eigenvalue weighted by molar-refractivity contribution is 0.154. The molecule has 1 fully saturated rings. The summed E-state index contributed by atoms with van der Waals surface area (Å²) in [7, 11) is 0. The lowest BCUT2D eigenvalue weighted by atomic mass is 10.1. The van der Waals surface area contributed by atoms with Crippen molar-refractivity contribution in [1.29, 1.82) is 0 Å². The number of thioether (sulfide) groups is 1.